The highest BCUT2D eigenvalue weighted by molar-refractivity contribution is 7.89. The molecule has 0 atom stereocenters. The summed E-state index contributed by atoms with van der Waals surface area (Å²) >= 11 is 1.35. The average Bonchev–Trinajstić information content (AvgIpc) is 3.24. The van der Waals surface area contributed by atoms with Crippen LogP contribution >= 0.6 is 11.3 Å². The summed E-state index contributed by atoms with van der Waals surface area (Å²) in [7, 11) is -2.44. The quantitative estimate of drug-likeness (QED) is 0.363. The molecule has 39 heavy (non-hydrogen) atoms. The molecule has 2 N–H and O–H groups in total. The lowest BCUT2D eigenvalue weighted by Gasteiger charge is -2.42. The normalized spacial score (nSPS) is 16.0. The number of anilines is 1. The first-order valence-corrected chi connectivity index (χ1v) is 15.0. The van der Waals surface area contributed by atoms with Gasteiger partial charge >= 0.3 is 5.97 Å². The van der Waals surface area contributed by atoms with Crippen molar-refractivity contribution in [2.45, 2.75) is 63.6 Å². The number of nitrogens with zero attached hydrogens (tertiary/aromatic N) is 1. The van der Waals surface area contributed by atoms with Gasteiger partial charge in [0, 0.05) is 34.6 Å². The average molecular weight is 570 g/mol. The third kappa shape index (κ3) is 5.94. The van der Waals surface area contributed by atoms with Crippen molar-refractivity contribution >= 4 is 38.2 Å². The fourth-order valence-corrected chi connectivity index (χ4v) is 7.89. The maximum atomic E-state index is 13.3. The maximum absolute atomic E-state index is 13.3. The monoisotopic (exact) mass is 569 g/mol. The zero-order valence-corrected chi connectivity index (χ0v) is 24.8. The first-order chi connectivity index (χ1) is 18.3. The van der Waals surface area contributed by atoms with E-state index in [1.165, 1.54) is 47.0 Å². The molecule has 0 radical (unpaired) electrons. The van der Waals surface area contributed by atoms with Crippen LogP contribution in [-0.2, 0) is 33.3 Å². The summed E-state index contributed by atoms with van der Waals surface area (Å²) in [6.45, 7) is 10.6. The number of sulfonamides is 1. The van der Waals surface area contributed by atoms with Gasteiger partial charge in [-0.15, -0.1) is 11.3 Å². The van der Waals surface area contributed by atoms with E-state index < -0.39 is 27.4 Å². The molecule has 1 aliphatic rings. The van der Waals surface area contributed by atoms with Crippen molar-refractivity contribution in [2.24, 2.45) is 0 Å². The summed E-state index contributed by atoms with van der Waals surface area (Å²) in [5.74, 6) is -0.944. The Kier molecular flexibility index (Phi) is 8.05. The summed E-state index contributed by atoms with van der Waals surface area (Å²) < 4.78 is 33.1. The summed E-state index contributed by atoms with van der Waals surface area (Å²) in [6, 6.07) is 15.2. The molecule has 208 valence electrons. The van der Waals surface area contributed by atoms with Crippen LogP contribution in [0.1, 0.15) is 71.3 Å². The van der Waals surface area contributed by atoms with Crippen molar-refractivity contribution in [1.82, 2.24) is 9.62 Å². The largest absolute Gasteiger partial charge is 0.465 e. The van der Waals surface area contributed by atoms with Crippen LogP contribution in [0.15, 0.2) is 59.5 Å². The highest BCUT2D eigenvalue weighted by Gasteiger charge is 2.42. The Balaban J connectivity index is 1.60. The van der Waals surface area contributed by atoms with Gasteiger partial charge in [0.25, 0.3) is 5.91 Å². The Morgan fingerprint density at radius 3 is 2.28 bits per heavy atom. The second-order valence-corrected chi connectivity index (χ2v) is 13.8. The second kappa shape index (κ2) is 10.8. The number of amides is 1. The van der Waals surface area contributed by atoms with Gasteiger partial charge in [0.1, 0.15) is 5.00 Å². The molecule has 1 aliphatic heterocycles. The van der Waals surface area contributed by atoms with Crippen LogP contribution in [0.4, 0.5) is 5.00 Å². The van der Waals surface area contributed by atoms with Crippen molar-refractivity contribution in [3.63, 3.8) is 0 Å². The summed E-state index contributed by atoms with van der Waals surface area (Å²) in [5, 5.41) is 6.90. The third-order valence-electron chi connectivity index (χ3n) is 6.77. The van der Waals surface area contributed by atoms with Crippen molar-refractivity contribution in [2.75, 3.05) is 19.0 Å². The van der Waals surface area contributed by atoms with Gasteiger partial charge in [-0.1, -0.05) is 37.3 Å². The Morgan fingerprint density at radius 2 is 1.69 bits per heavy atom. The van der Waals surface area contributed by atoms with Crippen LogP contribution in [0.25, 0.3) is 0 Å². The fraction of sp³-hybridized carbons (Fsp3) is 0.379. The molecule has 1 aromatic heterocycles. The van der Waals surface area contributed by atoms with Crippen LogP contribution in [0.3, 0.4) is 0 Å². The number of hydrogen-bond donors (Lipinski definition) is 2. The predicted octanol–water partition coefficient (Wildman–Crippen LogP) is 5.16. The highest BCUT2D eigenvalue weighted by Crippen LogP contribution is 2.45. The Bertz CT molecular complexity index is 1480. The summed E-state index contributed by atoms with van der Waals surface area (Å²) in [5.41, 5.74) is 1.74. The zero-order chi connectivity index (χ0) is 28.6. The number of carbonyl (C=O) groups excluding carboxylic acids is 2. The molecule has 1 amide bonds. The molecule has 2 heterocycles. The lowest BCUT2D eigenvalue weighted by molar-refractivity contribution is 0.0600. The Labute approximate surface area is 234 Å². The molecule has 0 fully saturated rings. The van der Waals surface area contributed by atoms with Gasteiger partial charge in [0.05, 0.1) is 17.6 Å². The summed E-state index contributed by atoms with van der Waals surface area (Å²) in [6.07, 6.45) is 0.603. The van der Waals surface area contributed by atoms with Crippen LogP contribution in [0.5, 0.6) is 0 Å². The molecule has 0 aliphatic carbocycles. The maximum Gasteiger partial charge on any atom is 0.341 e. The van der Waals surface area contributed by atoms with Crippen molar-refractivity contribution < 1.29 is 22.7 Å². The third-order valence-corrected chi connectivity index (χ3v) is 10.2. The minimum absolute atomic E-state index is 0.105. The van der Waals surface area contributed by atoms with Crippen LogP contribution in [0.2, 0.25) is 0 Å². The van der Waals surface area contributed by atoms with Gasteiger partial charge in [-0.2, -0.15) is 4.31 Å². The van der Waals surface area contributed by atoms with Crippen molar-refractivity contribution in [3.8, 4) is 0 Å². The number of fused-ring (bicyclic) bond motifs is 1. The molecule has 0 unspecified atom stereocenters. The number of thiophene rings is 1. The molecular formula is C29H35N3O5S2. The van der Waals surface area contributed by atoms with E-state index in [0.717, 1.165) is 16.0 Å². The minimum atomic E-state index is -3.76. The van der Waals surface area contributed by atoms with E-state index >= 15 is 0 Å². The standard InChI is InChI=1S/C29H35N3O5S2/c1-7-32(18-19-11-9-8-10-12-19)39(35,36)21-15-13-20(14-16-21)25(33)30-26-23(27(34)37-6)22-17-28(2,3)31-29(4,5)24(22)38-26/h8-16,31H,7,17-18H2,1-6H3,(H,30,33). The molecule has 8 nitrogen and oxygen atoms in total. The molecule has 4 rings (SSSR count). The van der Waals surface area contributed by atoms with Gasteiger partial charge in [-0.3, -0.25) is 4.79 Å². The molecule has 0 saturated heterocycles. The number of nitrogens with one attached hydrogen (secondary N) is 2. The number of benzene rings is 2. The van der Waals surface area contributed by atoms with Gasteiger partial charge in [-0.25, -0.2) is 13.2 Å². The van der Waals surface area contributed by atoms with E-state index in [1.807, 2.05) is 44.2 Å². The van der Waals surface area contributed by atoms with Crippen LogP contribution in [-0.4, -0.2) is 43.8 Å². The van der Waals surface area contributed by atoms with Crippen molar-refractivity contribution in [3.05, 3.63) is 81.7 Å². The van der Waals surface area contributed by atoms with E-state index in [9.17, 15) is 18.0 Å². The molecule has 0 saturated carbocycles. The molecule has 0 bridgehead atoms. The number of carbonyl (C=O) groups is 2. The van der Waals surface area contributed by atoms with Gasteiger partial charge < -0.3 is 15.4 Å². The van der Waals surface area contributed by atoms with Gasteiger partial charge in [-0.05, 0) is 69.5 Å². The minimum Gasteiger partial charge on any atom is -0.465 e. The lowest BCUT2D eigenvalue weighted by Crippen LogP contribution is -2.55. The molecular weight excluding hydrogens is 534 g/mol. The van der Waals surface area contributed by atoms with E-state index in [2.05, 4.69) is 24.5 Å². The number of esters is 1. The molecule has 10 heteroatoms. The first kappa shape index (κ1) is 28.9. The molecule has 0 spiro atoms. The van der Waals surface area contributed by atoms with Crippen molar-refractivity contribution in [1.29, 1.82) is 0 Å². The smallest absolute Gasteiger partial charge is 0.341 e. The van der Waals surface area contributed by atoms with E-state index in [4.69, 9.17) is 4.74 Å². The zero-order valence-electron chi connectivity index (χ0n) is 23.1. The van der Waals surface area contributed by atoms with Gasteiger partial charge in [0.15, 0.2) is 0 Å². The first-order valence-electron chi connectivity index (χ1n) is 12.8. The highest BCUT2D eigenvalue weighted by atomic mass is 32.2. The van der Waals surface area contributed by atoms with E-state index in [1.54, 1.807) is 6.92 Å². The van der Waals surface area contributed by atoms with Crippen LogP contribution < -0.4 is 10.6 Å². The fourth-order valence-electron chi connectivity index (χ4n) is 5.19. The Hall–Kier alpha value is -3.05. The second-order valence-electron chi connectivity index (χ2n) is 10.8. The summed E-state index contributed by atoms with van der Waals surface area (Å²) in [4.78, 5) is 27.1. The SMILES string of the molecule is CCN(Cc1ccccc1)S(=O)(=O)c1ccc(C(=O)Nc2sc3c(c2C(=O)OC)CC(C)(C)NC3(C)C)cc1. The number of rotatable bonds is 8. The van der Waals surface area contributed by atoms with E-state index in [0.29, 0.717) is 23.5 Å². The molecule has 2 aromatic carbocycles. The topological polar surface area (TPSA) is 105 Å². The number of ether oxygens (including phenoxy) is 1. The number of methoxy groups -OCH3 is 1. The van der Waals surface area contributed by atoms with Crippen LogP contribution in [0, 0.1) is 0 Å². The molecule has 3 aromatic rings. The van der Waals surface area contributed by atoms with E-state index in [-0.39, 0.29) is 22.5 Å². The van der Waals surface area contributed by atoms with Gasteiger partial charge in [0.2, 0.25) is 10.0 Å². The Morgan fingerprint density at radius 1 is 1.05 bits per heavy atom. The number of hydrogen-bond acceptors (Lipinski definition) is 7. The lowest BCUT2D eigenvalue weighted by atomic mass is 9.81. The predicted molar refractivity (Wildman–Crippen MR) is 154 cm³/mol.